The molecule has 0 unspecified atom stereocenters. The van der Waals surface area contributed by atoms with Gasteiger partial charge in [0.2, 0.25) is 5.91 Å². The van der Waals surface area contributed by atoms with E-state index < -0.39 is 5.54 Å². The van der Waals surface area contributed by atoms with E-state index in [2.05, 4.69) is 33.0 Å². The molecule has 0 bridgehead atoms. The first kappa shape index (κ1) is 25.4. The molecule has 2 amide bonds. The third-order valence-corrected chi connectivity index (χ3v) is 8.39. The summed E-state index contributed by atoms with van der Waals surface area (Å²) >= 11 is 0. The second kappa shape index (κ2) is 9.75. The molecule has 0 spiro atoms. The van der Waals surface area contributed by atoms with E-state index in [0.717, 1.165) is 30.2 Å². The van der Waals surface area contributed by atoms with Crippen LogP contribution in [0, 0.1) is 17.8 Å². The number of aromatic nitrogens is 1. The minimum atomic E-state index is -1.01. The van der Waals surface area contributed by atoms with E-state index >= 15 is 0 Å². The molecule has 1 saturated carbocycles. The normalized spacial score (nSPS) is 26.7. The Morgan fingerprint density at radius 2 is 1.86 bits per heavy atom. The molecule has 1 aliphatic carbocycles. The predicted octanol–water partition coefficient (Wildman–Crippen LogP) is 4.86. The zero-order valence-electron chi connectivity index (χ0n) is 22.3. The number of nitrogens with zero attached hydrogens (tertiary/aromatic N) is 2. The van der Waals surface area contributed by atoms with Gasteiger partial charge in [-0.15, -0.1) is 0 Å². The minimum absolute atomic E-state index is 0.0741. The Kier molecular flexibility index (Phi) is 7.07. The average molecular weight is 484 g/mol. The van der Waals surface area contributed by atoms with Gasteiger partial charge in [-0.3, -0.25) is 9.59 Å². The van der Waals surface area contributed by atoms with E-state index in [1.165, 1.54) is 6.42 Å². The summed E-state index contributed by atoms with van der Waals surface area (Å²) in [5.74, 6) is 2.54. The maximum Gasteiger partial charge on any atom is 0.271 e. The lowest BCUT2D eigenvalue weighted by atomic mass is 9.77. The van der Waals surface area contributed by atoms with Gasteiger partial charge in [-0.25, -0.2) is 0 Å². The number of ether oxygens (including phenoxy) is 2. The molecule has 0 radical (unpaired) electrons. The molecule has 1 aliphatic heterocycles. The van der Waals surface area contributed by atoms with Crippen molar-refractivity contribution in [3.63, 3.8) is 0 Å². The van der Waals surface area contributed by atoms with Crippen molar-refractivity contribution in [1.82, 2.24) is 14.8 Å². The maximum atomic E-state index is 14.0. The van der Waals surface area contributed by atoms with Crippen molar-refractivity contribution < 1.29 is 19.1 Å². The number of hydrogen-bond acceptors (Lipinski definition) is 4. The van der Waals surface area contributed by atoms with Crippen molar-refractivity contribution in [3.8, 4) is 11.5 Å². The van der Waals surface area contributed by atoms with Crippen molar-refractivity contribution in [3.05, 3.63) is 23.9 Å². The van der Waals surface area contributed by atoms with Gasteiger partial charge in [0, 0.05) is 18.0 Å². The molecule has 0 saturated heterocycles. The third kappa shape index (κ3) is 4.38. The number of benzene rings is 1. The first-order valence-corrected chi connectivity index (χ1v) is 13.0. The smallest absolute Gasteiger partial charge is 0.271 e. The molecular weight excluding hydrogens is 442 g/mol. The van der Waals surface area contributed by atoms with E-state index in [0.29, 0.717) is 48.0 Å². The van der Waals surface area contributed by atoms with Gasteiger partial charge < -0.3 is 24.3 Å². The van der Waals surface area contributed by atoms with Gasteiger partial charge in [0.15, 0.2) is 0 Å². The Morgan fingerprint density at radius 1 is 1.17 bits per heavy atom. The van der Waals surface area contributed by atoms with Gasteiger partial charge in [0.25, 0.3) is 5.91 Å². The number of nitrogens with one attached hydrogen (secondary N) is 1. The zero-order chi connectivity index (χ0) is 25.5. The van der Waals surface area contributed by atoms with Gasteiger partial charge in [-0.05, 0) is 55.7 Å². The molecule has 2 heterocycles. The number of amides is 2. The van der Waals surface area contributed by atoms with Crippen LogP contribution in [0.3, 0.4) is 0 Å². The molecule has 1 fully saturated rings. The van der Waals surface area contributed by atoms with Crippen LogP contribution in [0.1, 0.15) is 70.8 Å². The fourth-order valence-electron chi connectivity index (χ4n) is 5.80. The molecule has 1 aromatic heterocycles. The Labute approximate surface area is 209 Å². The molecular formula is C28H41N3O4. The molecule has 7 heteroatoms. The summed E-state index contributed by atoms with van der Waals surface area (Å²) in [5.41, 5.74) is 0.341. The number of methoxy groups -OCH3 is 2. The predicted molar refractivity (Wildman–Crippen MR) is 138 cm³/mol. The molecule has 35 heavy (non-hydrogen) atoms. The van der Waals surface area contributed by atoms with Crippen LogP contribution in [0.25, 0.3) is 10.9 Å². The van der Waals surface area contributed by atoms with Crippen molar-refractivity contribution in [2.24, 2.45) is 17.8 Å². The summed E-state index contributed by atoms with van der Waals surface area (Å²) in [6.07, 6.45) is 4.13. The van der Waals surface area contributed by atoms with Crippen LogP contribution in [-0.2, 0) is 11.3 Å². The van der Waals surface area contributed by atoms with Crippen LogP contribution in [-0.4, -0.2) is 53.6 Å². The molecule has 2 aromatic rings. The number of fused-ring (bicyclic) bond motifs is 3. The van der Waals surface area contributed by atoms with Gasteiger partial charge >= 0.3 is 0 Å². The first-order valence-electron chi connectivity index (χ1n) is 13.0. The van der Waals surface area contributed by atoms with Crippen LogP contribution < -0.4 is 14.8 Å². The lowest BCUT2D eigenvalue weighted by Gasteiger charge is -2.46. The quantitative estimate of drug-likeness (QED) is 0.610. The lowest BCUT2D eigenvalue weighted by molar-refractivity contribution is -0.134. The fraction of sp³-hybridized carbons (Fsp3) is 0.643. The highest BCUT2D eigenvalue weighted by atomic mass is 16.5. The topological polar surface area (TPSA) is 72.8 Å². The third-order valence-electron chi connectivity index (χ3n) is 8.39. The van der Waals surface area contributed by atoms with Gasteiger partial charge in [-0.1, -0.05) is 40.5 Å². The molecule has 192 valence electrons. The zero-order valence-corrected chi connectivity index (χ0v) is 22.3. The summed E-state index contributed by atoms with van der Waals surface area (Å²) in [7, 11) is 3.25. The van der Waals surface area contributed by atoms with Gasteiger partial charge in [0.05, 0.1) is 26.3 Å². The van der Waals surface area contributed by atoms with Gasteiger partial charge in [0.1, 0.15) is 22.7 Å². The summed E-state index contributed by atoms with van der Waals surface area (Å²) in [4.78, 5) is 29.8. The summed E-state index contributed by atoms with van der Waals surface area (Å²) in [6, 6.07) is 5.71. The number of rotatable bonds is 7. The van der Waals surface area contributed by atoms with Crippen LogP contribution in [0.5, 0.6) is 11.5 Å². The molecule has 7 nitrogen and oxygen atoms in total. The van der Waals surface area contributed by atoms with E-state index in [9.17, 15) is 9.59 Å². The summed E-state index contributed by atoms with van der Waals surface area (Å²) in [6.45, 7) is 11.6. The van der Waals surface area contributed by atoms with Gasteiger partial charge in [-0.2, -0.15) is 0 Å². The van der Waals surface area contributed by atoms with Crippen LogP contribution in [0.2, 0.25) is 0 Å². The second-order valence-electron chi connectivity index (χ2n) is 11.1. The van der Waals surface area contributed by atoms with Crippen LogP contribution in [0.15, 0.2) is 18.2 Å². The summed E-state index contributed by atoms with van der Waals surface area (Å²) < 4.78 is 13.2. The van der Waals surface area contributed by atoms with Crippen molar-refractivity contribution in [2.45, 2.75) is 78.4 Å². The standard InChI is InChI=1S/C28H41N3O4/c1-17(2)13-14-31-26(32)22-15-20-23(34-6)11-12-24(35-7)25(20)30(22)16-28(31,5)27(33)29-21-10-8-9-18(3)19(21)4/h11-12,15,17-19,21H,8-10,13-14,16H2,1-7H3,(H,29,33)/t18-,19-,21-,28-/m1/s1. The Bertz CT molecular complexity index is 1110. The number of carbonyl (C=O) groups is 2. The largest absolute Gasteiger partial charge is 0.496 e. The van der Waals surface area contributed by atoms with Crippen molar-refractivity contribution in [1.29, 1.82) is 0 Å². The molecule has 4 rings (SSSR count). The highest BCUT2D eigenvalue weighted by Gasteiger charge is 2.48. The first-order chi connectivity index (χ1) is 16.6. The molecule has 1 aromatic carbocycles. The van der Waals surface area contributed by atoms with Crippen LogP contribution in [0.4, 0.5) is 0 Å². The Morgan fingerprint density at radius 3 is 2.51 bits per heavy atom. The van der Waals surface area contributed by atoms with E-state index in [1.54, 1.807) is 19.1 Å². The second-order valence-corrected chi connectivity index (χ2v) is 11.1. The maximum absolute atomic E-state index is 14.0. The molecule has 4 atom stereocenters. The lowest BCUT2D eigenvalue weighted by Crippen LogP contribution is -2.65. The SMILES string of the molecule is COc1ccc(OC)c2c1cc1n2C[C@](C)(C(=O)N[C@@H]2CCC[C@@H](C)[C@H]2C)N(CCC(C)C)C1=O. The molecule has 2 aliphatic rings. The fourth-order valence-corrected chi connectivity index (χ4v) is 5.80. The average Bonchev–Trinajstić information content (AvgIpc) is 3.20. The van der Waals surface area contributed by atoms with Crippen molar-refractivity contribution in [2.75, 3.05) is 20.8 Å². The van der Waals surface area contributed by atoms with E-state index in [4.69, 9.17) is 9.47 Å². The Balaban J connectivity index is 1.79. The number of carbonyl (C=O) groups excluding carboxylic acids is 2. The minimum Gasteiger partial charge on any atom is -0.496 e. The van der Waals surface area contributed by atoms with Crippen LogP contribution >= 0.6 is 0 Å². The Hall–Kier alpha value is -2.70. The molecule has 1 N–H and O–H groups in total. The van der Waals surface area contributed by atoms with E-state index in [-0.39, 0.29) is 17.9 Å². The van der Waals surface area contributed by atoms with E-state index in [1.807, 2.05) is 29.7 Å². The monoisotopic (exact) mass is 483 g/mol. The number of hydrogen-bond donors (Lipinski definition) is 1. The van der Waals surface area contributed by atoms with Crippen molar-refractivity contribution >= 4 is 22.7 Å². The highest BCUT2D eigenvalue weighted by molar-refractivity contribution is 6.05. The summed E-state index contributed by atoms with van der Waals surface area (Å²) in [5, 5.41) is 4.19. The highest BCUT2D eigenvalue weighted by Crippen LogP contribution is 2.40.